The predicted molar refractivity (Wildman–Crippen MR) is 263 cm³/mol. The molecule has 0 atom stereocenters. The van der Waals surface area contributed by atoms with Crippen molar-refractivity contribution in [1.29, 1.82) is 0 Å². The Morgan fingerprint density at radius 3 is 1.41 bits per heavy atom. The van der Waals surface area contributed by atoms with E-state index >= 15 is 0 Å². The molecule has 10 aromatic carbocycles. The summed E-state index contributed by atoms with van der Waals surface area (Å²) in [5.74, 6) is 0. The van der Waals surface area contributed by atoms with Crippen LogP contribution in [0.2, 0.25) is 0 Å². The van der Waals surface area contributed by atoms with Crippen molar-refractivity contribution in [3.8, 4) is 33.4 Å². The lowest BCUT2D eigenvalue weighted by Crippen LogP contribution is -2.13. The zero-order valence-electron chi connectivity index (χ0n) is 33.4. The maximum atomic E-state index is 2.38. The number of hydrogen-bond acceptors (Lipinski definition) is 3. The van der Waals surface area contributed by atoms with Crippen LogP contribution in [0.4, 0.5) is 34.1 Å². The number of fused-ring (bicyclic) bond motifs is 5. The van der Waals surface area contributed by atoms with Crippen LogP contribution in [-0.2, 0) is 0 Å². The lowest BCUT2D eigenvalue weighted by molar-refractivity contribution is 1.25. The van der Waals surface area contributed by atoms with Crippen molar-refractivity contribution in [2.45, 2.75) is 0 Å². The Morgan fingerprint density at radius 1 is 0.279 bits per heavy atom. The van der Waals surface area contributed by atoms with Crippen LogP contribution in [0.15, 0.2) is 243 Å². The molecule has 0 aliphatic carbocycles. The van der Waals surface area contributed by atoms with Gasteiger partial charge in [-0.2, -0.15) is 0 Å². The number of para-hydroxylation sites is 3. The van der Waals surface area contributed by atoms with E-state index in [2.05, 4.69) is 252 Å². The van der Waals surface area contributed by atoms with Gasteiger partial charge in [0.2, 0.25) is 0 Å². The van der Waals surface area contributed by atoms with Gasteiger partial charge in [-0.15, -0.1) is 11.3 Å². The van der Waals surface area contributed by atoms with E-state index in [1.165, 1.54) is 53.2 Å². The minimum Gasteiger partial charge on any atom is -0.310 e. The van der Waals surface area contributed by atoms with Crippen molar-refractivity contribution >= 4 is 76.4 Å². The van der Waals surface area contributed by atoms with Crippen LogP contribution in [0.25, 0.3) is 64.3 Å². The highest BCUT2D eigenvalue weighted by Gasteiger charge is 2.20. The Balaban J connectivity index is 1.09. The van der Waals surface area contributed by atoms with Crippen molar-refractivity contribution in [3.05, 3.63) is 243 Å². The van der Waals surface area contributed by atoms with Crippen LogP contribution in [0.1, 0.15) is 0 Å². The summed E-state index contributed by atoms with van der Waals surface area (Å²) >= 11 is 1.89. The molecule has 0 saturated carbocycles. The van der Waals surface area contributed by atoms with Gasteiger partial charge in [0, 0.05) is 54.3 Å². The second kappa shape index (κ2) is 15.8. The van der Waals surface area contributed by atoms with E-state index in [0.29, 0.717) is 0 Å². The highest BCUT2D eigenvalue weighted by molar-refractivity contribution is 7.26. The predicted octanol–water partition coefficient (Wildman–Crippen LogP) is 17.1. The molecular formula is C58H40N2S. The number of thiophene rings is 1. The van der Waals surface area contributed by atoms with E-state index in [9.17, 15) is 0 Å². The Bertz CT molecular complexity index is 3250. The van der Waals surface area contributed by atoms with E-state index in [1.807, 2.05) is 11.3 Å². The first kappa shape index (κ1) is 36.4. The smallest absolute Gasteiger partial charge is 0.0488 e. The van der Waals surface area contributed by atoms with Crippen LogP contribution in [0.5, 0.6) is 0 Å². The maximum absolute atomic E-state index is 2.38. The summed E-state index contributed by atoms with van der Waals surface area (Å²) < 4.78 is 2.64. The summed E-state index contributed by atoms with van der Waals surface area (Å²) in [6.45, 7) is 0. The summed E-state index contributed by atoms with van der Waals surface area (Å²) in [6, 6.07) is 87.7. The fourth-order valence-electron chi connectivity index (χ4n) is 8.74. The van der Waals surface area contributed by atoms with Gasteiger partial charge in [0.05, 0.1) is 0 Å². The number of rotatable bonds is 9. The first-order chi connectivity index (χ1) is 30.2. The molecule has 0 fully saturated rings. The molecule has 0 saturated heterocycles. The summed E-state index contributed by atoms with van der Waals surface area (Å²) in [7, 11) is 0. The van der Waals surface area contributed by atoms with Gasteiger partial charge < -0.3 is 9.80 Å². The zero-order chi connectivity index (χ0) is 40.5. The third kappa shape index (κ3) is 6.91. The molecule has 0 amide bonds. The minimum absolute atomic E-state index is 1.06. The molecule has 0 spiro atoms. The fourth-order valence-corrected chi connectivity index (χ4v) is 9.99. The van der Waals surface area contributed by atoms with Gasteiger partial charge in [0.1, 0.15) is 0 Å². The molecule has 0 radical (unpaired) electrons. The minimum atomic E-state index is 1.06. The van der Waals surface area contributed by atoms with E-state index in [4.69, 9.17) is 0 Å². The Kier molecular flexibility index (Phi) is 9.42. The van der Waals surface area contributed by atoms with E-state index in [-0.39, 0.29) is 0 Å². The molecule has 0 aliphatic rings. The number of nitrogens with zero attached hydrogens (tertiary/aromatic N) is 2. The Labute approximate surface area is 360 Å². The molecule has 288 valence electrons. The average Bonchev–Trinajstić information content (AvgIpc) is 3.73. The van der Waals surface area contributed by atoms with Gasteiger partial charge in [0.15, 0.2) is 0 Å². The van der Waals surface area contributed by atoms with Crippen molar-refractivity contribution in [1.82, 2.24) is 0 Å². The van der Waals surface area contributed by atoms with E-state index in [1.54, 1.807) is 0 Å². The third-order valence-electron chi connectivity index (χ3n) is 11.6. The third-order valence-corrected chi connectivity index (χ3v) is 12.8. The first-order valence-corrected chi connectivity index (χ1v) is 21.6. The Morgan fingerprint density at radius 2 is 0.754 bits per heavy atom. The SMILES string of the molecule is c1ccc(-c2cccc(N(c3ccccc3)c3cc(-c4ccc(-c5cccc6c5sc5ccc7ccccc7c56)cc4)cc(N(c4ccccc4)c4ccccc4)c3)c2)cc1. The van der Waals surface area contributed by atoms with Crippen molar-refractivity contribution in [3.63, 3.8) is 0 Å². The van der Waals surface area contributed by atoms with Crippen molar-refractivity contribution in [2.75, 3.05) is 9.80 Å². The average molecular weight is 797 g/mol. The molecule has 1 aromatic heterocycles. The lowest BCUT2D eigenvalue weighted by Gasteiger charge is -2.30. The molecule has 0 aliphatic heterocycles. The molecule has 1 heterocycles. The van der Waals surface area contributed by atoms with Gasteiger partial charge in [-0.25, -0.2) is 0 Å². The molecule has 0 unspecified atom stereocenters. The molecule has 11 aromatic rings. The highest BCUT2D eigenvalue weighted by Crippen LogP contribution is 2.46. The monoisotopic (exact) mass is 796 g/mol. The van der Waals surface area contributed by atoms with Crippen LogP contribution >= 0.6 is 11.3 Å². The van der Waals surface area contributed by atoms with Gasteiger partial charge >= 0.3 is 0 Å². The fraction of sp³-hybridized carbons (Fsp3) is 0. The normalized spacial score (nSPS) is 11.3. The molecule has 3 heteroatoms. The number of benzene rings is 10. The van der Waals surface area contributed by atoms with Gasteiger partial charge in [-0.05, 0) is 117 Å². The zero-order valence-corrected chi connectivity index (χ0v) is 34.2. The van der Waals surface area contributed by atoms with Crippen LogP contribution in [-0.4, -0.2) is 0 Å². The van der Waals surface area contributed by atoms with Gasteiger partial charge in [-0.1, -0.05) is 170 Å². The maximum Gasteiger partial charge on any atom is 0.0488 e. The lowest BCUT2D eigenvalue weighted by atomic mass is 9.97. The van der Waals surface area contributed by atoms with Crippen LogP contribution < -0.4 is 9.80 Å². The molecule has 61 heavy (non-hydrogen) atoms. The summed E-state index contributed by atoms with van der Waals surface area (Å²) in [5.41, 5.74) is 13.6. The van der Waals surface area contributed by atoms with Crippen molar-refractivity contribution in [2.24, 2.45) is 0 Å². The molecule has 0 bridgehead atoms. The topological polar surface area (TPSA) is 6.48 Å². The van der Waals surface area contributed by atoms with E-state index < -0.39 is 0 Å². The van der Waals surface area contributed by atoms with Crippen LogP contribution in [0, 0.1) is 0 Å². The second-order valence-corrected chi connectivity index (χ2v) is 16.4. The molecular weight excluding hydrogens is 757 g/mol. The standard InChI is InChI=1S/C58H40N2S/c1-5-17-41(18-6-1)45-20-15-27-50(37-45)60(49-25-11-4-12-26-49)52-39-46(38-51(40-52)59(47-21-7-2-8-22-47)48-23-9-3-10-24-48)42-31-33-44(34-32-42)54-29-16-30-55-57-53-28-14-13-19-43(53)35-36-56(57)61-58(54)55/h1-40H. The second-order valence-electron chi connectivity index (χ2n) is 15.4. The molecule has 2 nitrogen and oxygen atoms in total. The summed E-state index contributed by atoms with van der Waals surface area (Å²) in [6.07, 6.45) is 0. The van der Waals surface area contributed by atoms with Crippen molar-refractivity contribution < 1.29 is 0 Å². The number of anilines is 6. The first-order valence-electron chi connectivity index (χ1n) is 20.7. The largest absolute Gasteiger partial charge is 0.310 e. The highest BCUT2D eigenvalue weighted by atomic mass is 32.1. The quantitative estimate of drug-likeness (QED) is 0.144. The van der Waals surface area contributed by atoms with Crippen LogP contribution in [0.3, 0.4) is 0 Å². The van der Waals surface area contributed by atoms with E-state index in [0.717, 1.165) is 45.3 Å². The molecule has 11 rings (SSSR count). The number of hydrogen-bond donors (Lipinski definition) is 0. The summed E-state index contributed by atoms with van der Waals surface area (Å²) in [4.78, 5) is 4.74. The van der Waals surface area contributed by atoms with Gasteiger partial charge in [-0.3, -0.25) is 0 Å². The summed E-state index contributed by atoms with van der Waals surface area (Å²) in [5, 5.41) is 5.25. The van der Waals surface area contributed by atoms with Gasteiger partial charge in [0.25, 0.3) is 0 Å². The molecule has 0 N–H and O–H groups in total. The Hall–Kier alpha value is -7.72.